The Morgan fingerprint density at radius 2 is 1.96 bits per heavy atom. The number of aromatic nitrogens is 7. The summed E-state index contributed by atoms with van der Waals surface area (Å²) >= 11 is 11.4. The molecule has 7 nitrogen and oxygen atoms in total. The second kappa shape index (κ2) is 6.89. The zero-order valence-electron chi connectivity index (χ0n) is 14.0. The van der Waals surface area contributed by atoms with Crippen molar-refractivity contribution < 1.29 is 0 Å². The fourth-order valence-corrected chi connectivity index (χ4v) is 3.20. The molecule has 0 aliphatic heterocycles. The average molecular weight is 386 g/mol. The van der Waals surface area contributed by atoms with Crippen molar-refractivity contribution in [1.29, 1.82) is 0 Å². The number of nitrogens with one attached hydrogen (secondary N) is 1. The molecule has 4 aromatic rings. The lowest BCUT2D eigenvalue weighted by molar-refractivity contribution is 0.527. The SMILES string of the molecule is CC(c1n[nH]c(=S)n1-c1cnn(Cc2ccccc2)c1)n1cc(Cl)cn1. The molecule has 0 fully saturated rings. The van der Waals surface area contributed by atoms with Crippen molar-refractivity contribution in [3.8, 4) is 5.69 Å². The quantitative estimate of drug-likeness (QED) is 0.532. The summed E-state index contributed by atoms with van der Waals surface area (Å²) in [5.74, 6) is 0.731. The standard InChI is InChI=1S/C17H16ClN7S/c1-12(24-10-14(18)7-20-24)16-21-22-17(26)25(16)15-8-19-23(11-15)9-13-5-3-2-4-6-13/h2-8,10-12H,9H2,1H3,(H,22,26). The second-order valence-electron chi connectivity index (χ2n) is 5.92. The molecule has 1 N–H and O–H groups in total. The summed E-state index contributed by atoms with van der Waals surface area (Å²) in [5.41, 5.74) is 2.03. The van der Waals surface area contributed by atoms with Crippen LogP contribution in [0.5, 0.6) is 0 Å². The highest BCUT2D eigenvalue weighted by molar-refractivity contribution is 7.71. The zero-order valence-corrected chi connectivity index (χ0v) is 15.5. The van der Waals surface area contributed by atoms with Gasteiger partial charge in [-0.1, -0.05) is 41.9 Å². The van der Waals surface area contributed by atoms with Crippen LogP contribution in [-0.4, -0.2) is 34.3 Å². The topological polar surface area (TPSA) is 69.2 Å². The average Bonchev–Trinajstić information content (AvgIpc) is 3.35. The number of hydrogen-bond donors (Lipinski definition) is 1. The van der Waals surface area contributed by atoms with Crippen LogP contribution < -0.4 is 0 Å². The molecular formula is C17H16ClN7S. The highest BCUT2D eigenvalue weighted by Crippen LogP contribution is 2.21. The number of benzene rings is 1. The molecule has 0 saturated heterocycles. The molecule has 0 aliphatic carbocycles. The maximum absolute atomic E-state index is 5.98. The number of rotatable bonds is 5. The first-order valence-corrected chi connectivity index (χ1v) is 8.84. The van der Waals surface area contributed by atoms with E-state index in [1.807, 2.05) is 40.6 Å². The van der Waals surface area contributed by atoms with Gasteiger partial charge in [0.1, 0.15) is 6.04 Å². The molecule has 1 aromatic carbocycles. The molecule has 4 rings (SSSR count). The van der Waals surface area contributed by atoms with E-state index in [0.717, 1.165) is 11.5 Å². The lowest BCUT2D eigenvalue weighted by atomic mass is 10.2. The van der Waals surface area contributed by atoms with Gasteiger partial charge in [-0.2, -0.15) is 15.3 Å². The fraction of sp³-hybridized carbons (Fsp3) is 0.176. The first-order chi connectivity index (χ1) is 12.6. The Bertz CT molecular complexity index is 1080. The Kier molecular flexibility index (Phi) is 4.44. The maximum atomic E-state index is 5.98. The van der Waals surface area contributed by atoms with Crippen LogP contribution in [-0.2, 0) is 6.54 Å². The molecule has 132 valence electrons. The number of aromatic amines is 1. The summed E-state index contributed by atoms with van der Waals surface area (Å²) in [4.78, 5) is 0. The summed E-state index contributed by atoms with van der Waals surface area (Å²) in [5, 5.41) is 16.5. The minimum atomic E-state index is -0.145. The van der Waals surface area contributed by atoms with Crippen molar-refractivity contribution in [1.82, 2.24) is 34.3 Å². The monoisotopic (exact) mass is 385 g/mol. The molecule has 0 amide bonds. The Balaban J connectivity index is 1.66. The van der Waals surface area contributed by atoms with Gasteiger partial charge >= 0.3 is 0 Å². The molecule has 1 unspecified atom stereocenters. The highest BCUT2D eigenvalue weighted by Gasteiger charge is 2.19. The molecule has 0 radical (unpaired) electrons. The zero-order chi connectivity index (χ0) is 18.1. The summed E-state index contributed by atoms with van der Waals surface area (Å²) in [6.45, 7) is 2.67. The number of H-pyrrole nitrogens is 1. The van der Waals surface area contributed by atoms with Crippen molar-refractivity contribution >= 4 is 23.8 Å². The van der Waals surface area contributed by atoms with Gasteiger partial charge in [-0.3, -0.25) is 19.0 Å². The van der Waals surface area contributed by atoms with Crippen LogP contribution in [0.15, 0.2) is 55.1 Å². The van der Waals surface area contributed by atoms with E-state index < -0.39 is 0 Å². The largest absolute Gasteiger partial charge is 0.267 e. The summed E-state index contributed by atoms with van der Waals surface area (Å²) in [6, 6.07) is 10.0. The van der Waals surface area contributed by atoms with E-state index in [0.29, 0.717) is 16.3 Å². The van der Waals surface area contributed by atoms with Crippen LogP contribution in [0.2, 0.25) is 5.02 Å². The molecule has 1 atom stereocenters. The smallest absolute Gasteiger partial charge is 0.200 e. The van der Waals surface area contributed by atoms with Crippen molar-refractivity contribution in [2.24, 2.45) is 0 Å². The van der Waals surface area contributed by atoms with Crippen LogP contribution in [0.25, 0.3) is 5.69 Å². The van der Waals surface area contributed by atoms with Gasteiger partial charge in [-0.15, -0.1) is 0 Å². The van der Waals surface area contributed by atoms with Crippen molar-refractivity contribution in [3.63, 3.8) is 0 Å². The fourth-order valence-electron chi connectivity index (χ4n) is 2.81. The second-order valence-corrected chi connectivity index (χ2v) is 6.74. The number of hydrogen-bond acceptors (Lipinski definition) is 4. The minimum absolute atomic E-state index is 0.145. The molecule has 9 heteroatoms. The van der Waals surface area contributed by atoms with Crippen LogP contribution in [0.3, 0.4) is 0 Å². The Morgan fingerprint density at radius 1 is 1.15 bits per heavy atom. The van der Waals surface area contributed by atoms with Gasteiger partial charge in [-0.25, -0.2) is 0 Å². The number of halogens is 1. The lowest BCUT2D eigenvalue weighted by Gasteiger charge is -2.12. The molecule has 0 aliphatic rings. The van der Waals surface area contributed by atoms with Gasteiger partial charge in [0.05, 0.1) is 29.6 Å². The van der Waals surface area contributed by atoms with Gasteiger partial charge in [0, 0.05) is 12.4 Å². The normalized spacial score (nSPS) is 12.4. The van der Waals surface area contributed by atoms with E-state index in [-0.39, 0.29) is 6.04 Å². The molecule has 0 bridgehead atoms. The third-order valence-corrected chi connectivity index (χ3v) is 4.57. The Labute approximate surface area is 159 Å². The first-order valence-electron chi connectivity index (χ1n) is 8.05. The van der Waals surface area contributed by atoms with E-state index in [2.05, 4.69) is 32.5 Å². The molecular weight excluding hydrogens is 370 g/mol. The van der Waals surface area contributed by atoms with Crippen molar-refractivity contribution in [2.75, 3.05) is 0 Å². The minimum Gasteiger partial charge on any atom is -0.267 e. The van der Waals surface area contributed by atoms with Gasteiger partial charge in [0.25, 0.3) is 0 Å². The lowest BCUT2D eigenvalue weighted by Crippen LogP contribution is -2.13. The predicted molar refractivity (Wildman–Crippen MR) is 101 cm³/mol. The molecule has 0 saturated carbocycles. The van der Waals surface area contributed by atoms with Gasteiger partial charge in [-0.05, 0) is 24.7 Å². The van der Waals surface area contributed by atoms with Crippen LogP contribution in [0.4, 0.5) is 0 Å². The maximum Gasteiger partial charge on any atom is 0.200 e. The van der Waals surface area contributed by atoms with E-state index in [9.17, 15) is 0 Å². The highest BCUT2D eigenvalue weighted by atomic mass is 35.5. The van der Waals surface area contributed by atoms with E-state index in [1.54, 1.807) is 23.3 Å². The van der Waals surface area contributed by atoms with E-state index >= 15 is 0 Å². The van der Waals surface area contributed by atoms with E-state index in [4.69, 9.17) is 23.8 Å². The van der Waals surface area contributed by atoms with Crippen molar-refractivity contribution in [2.45, 2.75) is 19.5 Å². The number of nitrogens with zero attached hydrogens (tertiary/aromatic N) is 6. The molecule has 3 aromatic heterocycles. The van der Waals surface area contributed by atoms with E-state index in [1.165, 1.54) is 5.56 Å². The summed E-state index contributed by atoms with van der Waals surface area (Å²) in [6.07, 6.45) is 7.08. The molecule has 0 spiro atoms. The van der Waals surface area contributed by atoms with Crippen LogP contribution in [0.1, 0.15) is 24.4 Å². The van der Waals surface area contributed by atoms with Crippen LogP contribution in [0, 0.1) is 4.77 Å². The molecule has 3 heterocycles. The predicted octanol–water partition coefficient (Wildman–Crippen LogP) is 3.63. The third kappa shape index (κ3) is 3.21. The van der Waals surface area contributed by atoms with Crippen LogP contribution >= 0.6 is 23.8 Å². The Morgan fingerprint density at radius 3 is 2.69 bits per heavy atom. The summed E-state index contributed by atoms with van der Waals surface area (Å²) in [7, 11) is 0. The van der Waals surface area contributed by atoms with Gasteiger partial charge in [0.2, 0.25) is 0 Å². The van der Waals surface area contributed by atoms with Gasteiger partial charge < -0.3 is 0 Å². The Hall–Kier alpha value is -2.71. The van der Waals surface area contributed by atoms with Gasteiger partial charge in [0.15, 0.2) is 10.6 Å². The first kappa shape index (κ1) is 16.7. The third-order valence-electron chi connectivity index (χ3n) is 4.10. The summed E-state index contributed by atoms with van der Waals surface area (Å²) < 4.78 is 5.99. The van der Waals surface area contributed by atoms with Crippen molar-refractivity contribution in [3.05, 3.63) is 76.3 Å². The molecule has 26 heavy (non-hydrogen) atoms.